The largest absolute Gasteiger partial charge is 0.334 e. The molecule has 0 radical (unpaired) electrons. The first-order valence-corrected chi connectivity index (χ1v) is 11.0. The van der Waals surface area contributed by atoms with Crippen LogP contribution < -0.4 is 0 Å². The Morgan fingerprint density at radius 1 is 1.25 bits per heavy atom. The van der Waals surface area contributed by atoms with Crippen LogP contribution in [0, 0.1) is 5.82 Å². The minimum Gasteiger partial charge on any atom is -0.334 e. The van der Waals surface area contributed by atoms with Gasteiger partial charge < -0.3 is 4.90 Å². The van der Waals surface area contributed by atoms with Gasteiger partial charge in [-0.3, -0.25) is 9.20 Å². The number of benzene rings is 1. The number of carbonyl (C=O) groups is 1. The SMILES string of the molecule is CS(=O)(=O)c1nc(C(=O)N2CCC[C@H]2Cc2cccc(F)c2)c2ccccn12. The van der Waals surface area contributed by atoms with E-state index in [1.807, 2.05) is 6.07 Å². The minimum atomic E-state index is -3.59. The van der Waals surface area contributed by atoms with E-state index in [-0.39, 0.29) is 28.6 Å². The van der Waals surface area contributed by atoms with Crippen LogP contribution in [0.25, 0.3) is 5.52 Å². The fourth-order valence-electron chi connectivity index (χ4n) is 3.82. The average Bonchev–Trinajstić information content (AvgIpc) is 3.25. The number of rotatable bonds is 4. The van der Waals surface area contributed by atoms with E-state index < -0.39 is 9.84 Å². The molecule has 0 N–H and O–H groups in total. The van der Waals surface area contributed by atoms with Crippen molar-refractivity contribution in [3.8, 4) is 0 Å². The number of hydrogen-bond donors (Lipinski definition) is 0. The topological polar surface area (TPSA) is 71.7 Å². The van der Waals surface area contributed by atoms with Gasteiger partial charge in [-0.25, -0.2) is 17.8 Å². The monoisotopic (exact) mass is 401 g/mol. The molecule has 28 heavy (non-hydrogen) atoms. The van der Waals surface area contributed by atoms with Gasteiger partial charge in [-0.15, -0.1) is 0 Å². The highest BCUT2D eigenvalue weighted by Crippen LogP contribution is 2.26. The van der Waals surface area contributed by atoms with Crippen molar-refractivity contribution in [2.24, 2.45) is 0 Å². The maximum atomic E-state index is 13.5. The predicted molar refractivity (Wildman–Crippen MR) is 102 cm³/mol. The molecule has 2 aromatic heterocycles. The molecule has 0 saturated carbocycles. The summed E-state index contributed by atoms with van der Waals surface area (Å²) < 4.78 is 39.1. The van der Waals surface area contributed by atoms with Gasteiger partial charge in [-0.05, 0) is 49.1 Å². The molecule has 1 atom stereocenters. The van der Waals surface area contributed by atoms with Gasteiger partial charge in [-0.2, -0.15) is 0 Å². The van der Waals surface area contributed by atoms with Crippen LogP contribution >= 0.6 is 0 Å². The summed E-state index contributed by atoms with van der Waals surface area (Å²) in [5.41, 5.74) is 1.42. The number of aromatic nitrogens is 2. The highest BCUT2D eigenvalue weighted by atomic mass is 32.2. The Hall–Kier alpha value is -2.74. The number of sulfone groups is 1. The fourth-order valence-corrected chi connectivity index (χ4v) is 4.59. The molecule has 3 heterocycles. The van der Waals surface area contributed by atoms with E-state index in [9.17, 15) is 17.6 Å². The molecule has 1 amide bonds. The molecule has 3 aromatic rings. The smallest absolute Gasteiger partial charge is 0.275 e. The molecule has 0 spiro atoms. The van der Waals surface area contributed by atoms with Crippen LogP contribution in [0.15, 0.2) is 53.8 Å². The van der Waals surface area contributed by atoms with Crippen molar-refractivity contribution in [3.05, 3.63) is 65.7 Å². The van der Waals surface area contributed by atoms with Crippen molar-refractivity contribution in [1.82, 2.24) is 14.3 Å². The summed E-state index contributed by atoms with van der Waals surface area (Å²) in [7, 11) is -3.59. The van der Waals surface area contributed by atoms with Gasteiger partial charge in [0.2, 0.25) is 15.0 Å². The molecule has 1 aromatic carbocycles. The Balaban J connectivity index is 1.69. The van der Waals surface area contributed by atoms with Gasteiger partial charge >= 0.3 is 0 Å². The summed E-state index contributed by atoms with van der Waals surface area (Å²) in [6.45, 7) is 0.568. The van der Waals surface area contributed by atoms with Crippen molar-refractivity contribution in [2.75, 3.05) is 12.8 Å². The van der Waals surface area contributed by atoms with Crippen LogP contribution in [0.2, 0.25) is 0 Å². The third kappa shape index (κ3) is 3.40. The Bertz CT molecular complexity index is 1160. The van der Waals surface area contributed by atoms with E-state index in [0.717, 1.165) is 24.7 Å². The maximum Gasteiger partial charge on any atom is 0.275 e. The highest BCUT2D eigenvalue weighted by molar-refractivity contribution is 7.90. The lowest BCUT2D eigenvalue weighted by molar-refractivity contribution is 0.0732. The lowest BCUT2D eigenvalue weighted by atomic mass is 10.0. The lowest BCUT2D eigenvalue weighted by Gasteiger charge is -2.24. The maximum absolute atomic E-state index is 13.5. The van der Waals surface area contributed by atoms with Crippen LogP contribution in [-0.2, 0) is 16.3 Å². The quantitative estimate of drug-likeness (QED) is 0.674. The Kier molecular flexibility index (Phi) is 4.66. The Morgan fingerprint density at radius 2 is 2.07 bits per heavy atom. The van der Waals surface area contributed by atoms with Gasteiger partial charge in [0.1, 0.15) is 5.82 Å². The normalized spacial score (nSPS) is 17.4. The molecule has 146 valence electrons. The van der Waals surface area contributed by atoms with Crippen molar-refractivity contribution < 1.29 is 17.6 Å². The zero-order valence-electron chi connectivity index (χ0n) is 15.4. The number of imidazole rings is 1. The van der Waals surface area contributed by atoms with Crippen molar-refractivity contribution in [2.45, 2.75) is 30.5 Å². The fraction of sp³-hybridized carbons (Fsp3) is 0.300. The number of fused-ring (bicyclic) bond motifs is 1. The van der Waals surface area contributed by atoms with E-state index in [2.05, 4.69) is 4.98 Å². The summed E-state index contributed by atoms with van der Waals surface area (Å²) in [5, 5.41) is -0.146. The highest BCUT2D eigenvalue weighted by Gasteiger charge is 2.33. The molecular formula is C20H20FN3O3S. The Labute approximate surface area is 162 Å². The number of pyridine rings is 1. The molecule has 0 aliphatic carbocycles. The number of amides is 1. The molecule has 1 fully saturated rings. The number of likely N-dealkylation sites (tertiary alicyclic amines) is 1. The van der Waals surface area contributed by atoms with E-state index in [0.29, 0.717) is 18.5 Å². The van der Waals surface area contributed by atoms with Gasteiger partial charge in [0.05, 0.1) is 5.52 Å². The molecule has 1 saturated heterocycles. The summed E-state index contributed by atoms with van der Waals surface area (Å²) in [6, 6.07) is 11.4. The molecule has 1 aliphatic heterocycles. The number of nitrogens with zero attached hydrogens (tertiary/aromatic N) is 3. The summed E-state index contributed by atoms with van der Waals surface area (Å²) in [5.74, 6) is -0.594. The third-order valence-corrected chi connectivity index (χ3v) is 6.00. The molecule has 4 rings (SSSR count). The van der Waals surface area contributed by atoms with Gasteiger partial charge in [0, 0.05) is 25.0 Å². The van der Waals surface area contributed by atoms with Crippen molar-refractivity contribution >= 4 is 21.3 Å². The molecular weight excluding hydrogens is 381 g/mol. The van der Waals surface area contributed by atoms with Crippen LogP contribution in [0.4, 0.5) is 4.39 Å². The van der Waals surface area contributed by atoms with Crippen molar-refractivity contribution in [1.29, 1.82) is 0 Å². The molecule has 0 bridgehead atoms. The summed E-state index contributed by atoms with van der Waals surface area (Å²) in [4.78, 5) is 19.2. The second kappa shape index (κ2) is 7.01. The minimum absolute atomic E-state index is 0.0727. The number of carbonyl (C=O) groups excluding carboxylic acids is 1. The van der Waals surface area contributed by atoms with Gasteiger partial charge in [0.25, 0.3) is 5.91 Å². The second-order valence-corrected chi connectivity index (χ2v) is 9.01. The van der Waals surface area contributed by atoms with Crippen LogP contribution in [0.5, 0.6) is 0 Å². The van der Waals surface area contributed by atoms with E-state index in [4.69, 9.17) is 0 Å². The standard InChI is InChI=1S/C20H20FN3O3S/c1-28(26,27)20-22-18(17-9-2-3-10-24(17)20)19(25)23-11-5-8-16(23)13-14-6-4-7-15(21)12-14/h2-4,6-7,9-10,12,16H,5,8,11,13H2,1H3/t16-/m0/s1. The van der Waals surface area contributed by atoms with Crippen molar-refractivity contribution in [3.63, 3.8) is 0 Å². The first-order chi connectivity index (χ1) is 13.3. The van der Waals surface area contributed by atoms with E-state index in [1.165, 1.54) is 16.5 Å². The zero-order chi connectivity index (χ0) is 19.9. The van der Waals surface area contributed by atoms with E-state index >= 15 is 0 Å². The summed E-state index contributed by atoms with van der Waals surface area (Å²) in [6.07, 6.45) is 4.87. The zero-order valence-corrected chi connectivity index (χ0v) is 16.2. The average molecular weight is 401 g/mol. The van der Waals surface area contributed by atoms with Gasteiger partial charge in [0.15, 0.2) is 5.69 Å². The number of halogens is 1. The predicted octanol–water partition coefficient (Wildman–Crippen LogP) is 2.72. The first-order valence-electron chi connectivity index (χ1n) is 9.07. The molecule has 0 unspecified atom stereocenters. The second-order valence-electron chi connectivity index (χ2n) is 7.10. The third-order valence-electron chi connectivity index (χ3n) is 5.05. The van der Waals surface area contributed by atoms with Gasteiger partial charge in [-0.1, -0.05) is 18.2 Å². The van der Waals surface area contributed by atoms with E-state index in [1.54, 1.807) is 35.4 Å². The Morgan fingerprint density at radius 3 is 2.82 bits per heavy atom. The lowest BCUT2D eigenvalue weighted by Crippen LogP contribution is -2.37. The molecule has 6 nitrogen and oxygen atoms in total. The van der Waals surface area contributed by atoms with Crippen LogP contribution in [0.1, 0.15) is 28.9 Å². The van der Waals surface area contributed by atoms with Crippen LogP contribution in [0.3, 0.4) is 0 Å². The first kappa shape index (κ1) is 18.6. The van der Waals surface area contributed by atoms with Crippen LogP contribution in [-0.4, -0.2) is 47.5 Å². The summed E-state index contributed by atoms with van der Waals surface area (Å²) >= 11 is 0. The molecule has 8 heteroatoms. The molecule has 1 aliphatic rings. The number of hydrogen-bond acceptors (Lipinski definition) is 4.